The van der Waals surface area contributed by atoms with Crippen molar-refractivity contribution < 1.29 is 13.9 Å². The van der Waals surface area contributed by atoms with E-state index in [2.05, 4.69) is 25.9 Å². The summed E-state index contributed by atoms with van der Waals surface area (Å²) in [7, 11) is 0. The Bertz CT molecular complexity index is 1230. The van der Waals surface area contributed by atoms with Crippen LogP contribution in [-0.2, 0) is 6.42 Å². The predicted molar refractivity (Wildman–Crippen MR) is 128 cm³/mol. The molecule has 0 aliphatic heterocycles. The molecule has 3 aromatic carbocycles. The number of para-hydroxylation sites is 1. The van der Waals surface area contributed by atoms with Crippen molar-refractivity contribution in [3.05, 3.63) is 84.4 Å². The lowest BCUT2D eigenvalue weighted by Gasteiger charge is -2.11. The van der Waals surface area contributed by atoms with Crippen LogP contribution >= 0.6 is 0 Å². The number of anilines is 3. The molecule has 0 aliphatic carbocycles. The molecule has 2 amide bonds. The number of nitrogens with one attached hydrogen (secondary N) is 3. The second-order valence-corrected chi connectivity index (χ2v) is 7.27. The first-order valence-electron chi connectivity index (χ1n) is 10.7. The molecule has 0 aliphatic rings. The number of carbonyl (C=O) groups excluding carboxylic acids is 1. The van der Waals surface area contributed by atoms with Gasteiger partial charge in [0.25, 0.3) is 0 Å². The molecule has 0 radical (unpaired) electrons. The molecule has 4 aromatic rings. The summed E-state index contributed by atoms with van der Waals surface area (Å²) >= 11 is 0. The Balaban J connectivity index is 1.33. The van der Waals surface area contributed by atoms with Crippen LogP contribution in [0.3, 0.4) is 0 Å². The van der Waals surface area contributed by atoms with Gasteiger partial charge in [-0.15, -0.1) is 0 Å². The van der Waals surface area contributed by atoms with E-state index in [1.165, 1.54) is 12.4 Å². The van der Waals surface area contributed by atoms with Crippen LogP contribution in [0.15, 0.2) is 73.1 Å². The van der Waals surface area contributed by atoms with Crippen LogP contribution in [0.2, 0.25) is 0 Å². The largest absolute Gasteiger partial charge is 0.491 e. The summed E-state index contributed by atoms with van der Waals surface area (Å²) in [5, 5.41) is 9.44. The minimum Gasteiger partial charge on any atom is -0.491 e. The van der Waals surface area contributed by atoms with E-state index in [0.717, 1.165) is 17.7 Å². The van der Waals surface area contributed by atoms with Gasteiger partial charge in [0.15, 0.2) is 11.6 Å². The molecule has 7 nitrogen and oxygen atoms in total. The molecule has 1 heterocycles. The Hall–Kier alpha value is -4.20. The van der Waals surface area contributed by atoms with Crippen molar-refractivity contribution in [3.63, 3.8) is 0 Å². The fourth-order valence-corrected chi connectivity index (χ4v) is 3.36. The lowest BCUT2D eigenvalue weighted by atomic mass is 10.1. The van der Waals surface area contributed by atoms with E-state index in [-0.39, 0.29) is 11.8 Å². The first-order chi connectivity index (χ1) is 16.1. The molecule has 168 valence electrons. The standard InChI is InChI=1S/C25H24FN5O2/c1-2-33-23-15-22-20(14-21(23)26)24(29-16-28-22)27-13-12-17-8-10-19(11-9-17)31-25(32)30-18-6-4-3-5-7-18/h3-11,14-16H,2,12-13H2,1H3,(H,27,28,29)(H2,30,31,32). The number of hydrogen-bond donors (Lipinski definition) is 3. The Labute approximate surface area is 191 Å². The summed E-state index contributed by atoms with van der Waals surface area (Å²) in [6.07, 6.45) is 2.17. The topological polar surface area (TPSA) is 88.2 Å². The van der Waals surface area contributed by atoms with Crippen molar-refractivity contribution >= 4 is 34.1 Å². The van der Waals surface area contributed by atoms with Crippen LogP contribution in [0.25, 0.3) is 10.9 Å². The van der Waals surface area contributed by atoms with E-state index >= 15 is 0 Å². The van der Waals surface area contributed by atoms with Gasteiger partial charge >= 0.3 is 6.03 Å². The predicted octanol–water partition coefficient (Wildman–Crippen LogP) is 5.47. The first-order valence-corrected chi connectivity index (χ1v) is 10.7. The average Bonchev–Trinajstić information content (AvgIpc) is 2.82. The highest BCUT2D eigenvalue weighted by Crippen LogP contribution is 2.27. The van der Waals surface area contributed by atoms with Gasteiger partial charge in [-0.25, -0.2) is 19.2 Å². The molecule has 0 saturated carbocycles. The van der Waals surface area contributed by atoms with Gasteiger partial charge in [-0.1, -0.05) is 30.3 Å². The highest BCUT2D eigenvalue weighted by molar-refractivity contribution is 5.99. The number of nitrogens with zero attached hydrogens (tertiary/aromatic N) is 2. The average molecular weight is 445 g/mol. The Morgan fingerprint density at radius 1 is 0.970 bits per heavy atom. The summed E-state index contributed by atoms with van der Waals surface area (Å²) in [6, 6.07) is 19.5. The van der Waals surface area contributed by atoms with Gasteiger partial charge in [0.05, 0.1) is 12.1 Å². The molecule has 0 atom stereocenters. The molecule has 0 unspecified atom stereocenters. The monoisotopic (exact) mass is 445 g/mol. The third-order valence-corrected chi connectivity index (χ3v) is 4.94. The maximum atomic E-state index is 14.3. The summed E-state index contributed by atoms with van der Waals surface area (Å²) in [5.74, 6) is 0.306. The van der Waals surface area contributed by atoms with Crippen LogP contribution in [-0.4, -0.2) is 29.2 Å². The lowest BCUT2D eigenvalue weighted by molar-refractivity contribution is 0.262. The third kappa shape index (κ3) is 5.74. The number of carbonyl (C=O) groups is 1. The maximum absolute atomic E-state index is 14.3. The Morgan fingerprint density at radius 3 is 2.42 bits per heavy atom. The minimum atomic E-state index is -0.443. The van der Waals surface area contributed by atoms with Crippen molar-refractivity contribution in [2.75, 3.05) is 29.1 Å². The summed E-state index contributed by atoms with van der Waals surface area (Å²) < 4.78 is 19.6. The van der Waals surface area contributed by atoms with Crippen molar-refractivity contribution in [2.45, 2.75) is 13.3 Å². The van der Waals surface area contributed by atoms with E-state index in [1.807, 2.05) is 54.6 Å². The number of ether oxygens (including phenoxy) is 1. The molecule has 0 fully saturated rings. The number of urea groups is 1. The van der Waals surface area contributed by atoms with Crippen LogP contribution in [0, 0.1) is 5.82 Å². The van der Waals surface area contributed by atoms with Crippen molar-refractivity contribution in [3.8, 4) is 5.75 Å². The molecule has 1 aromatic heterocycles. The molecular formula is C25H24FN5O2. The van der Waals surface area contributed by atoms with Gasteiger partial charge in [-0.2, -0.15) is 0 Å². The van der Waals surface area contributed by atoms with Crippen molar-refractivity contribution in [1.29, 1.82) is 0 Å². The SMILES string of the molecule is CCOc1cc2ncnc(NCCc3ccc(NC(=O)Nc4ccccc4)cc3)c2cc1F. The summed E-state index contributed by atoms with van der Waals surface area (Å²) in [6.45, 7) is 2.78. The zero-order chi connectivity index (χ0) is 23.0. The van der Waals surface area contributed by atoms with Gasteiger partial charge in [0, 0.05) is 29.4 Å². The van der Waals surface area contributed by atoms with E-state index in [9.17, 15) is 9.18 Å². The number of fused-ring (bicyclic) bond motifs is 1. The van der Waals surface area contributed by atoms with E-state index in [1.54, 1.807) is 13.0 Å². The number of rotatable bonds is 8. The van der Waals surface area contributed by atoms with E-state index in [0.29, 0.717) is 35.6 Å². The summed E-state index contributed by atoms with van der Waals surface area (Å²) in [5.41, 5.74) is 3.12. The molecule has 4 rings (SSSR count). The second-order valence-electron chi connectivity index (χ2n) is 7.27. The van der Waals surface area contributed by atoms with Gasteiger partial charge in [0.1, 0.15) is 12.1 Å². The number of benzene rings is 3. The van der Waals surface area contributed by atoms with Crippen molar-refractivity contribution in [2.24, 2.45) is 0 Å². The number of hydrogen-bond acceptors (Lipinski definition) is 5. The van der Waals surface area contributed by atoms with Gasteiger partial charge < -0.3 is 20.7 Å². The highest BCUT2D eigenvalue weighted by atomic mass is 19.1. The fourth-order valence-electron chi connectivity index (χ4n) is 3.36. The molecule has 0 bridgehead atoms. The number of aromatic nitrogens is 2. The van der Waals surface area contributed by atoms with Gasteiger partial charge in [-0.3, -0.25) is 0 Å². The Morgan fingerprint density at radius 2 is 1.70 bits per heavy atom. The molecule has 0 saturated heterocycles. The molecule has 3 N–H and O–H groups in total. The number of halogens is 1. The third-order valence-electron chi connectivity index (χ3n) is 4.94. The van der Waals surface area contributed by atoms with E-state index in [4.69, 9.17) is 4.74 Å². The van der Waals surface area contributed by atoms with Gasteiger partial charge in [0.2, 0.25) is 0 Å². The fraction of sp³-hybridized carbons (Fsp3) is 0.160. The molecule has 8 heteroatoms. The smallest absolute Gasteiger partial charge is 0.323 e. The maximum Gasteiger partial charge on any atom is 0.323 e. The molecule has 33 heavy (non-hydrogen) atoms. The quantitative estimate of drug-likeness (QED) is 0.335. The molecular weight excluding hydrogens is 421 g/mol. The van der Waals surface area contributed by atoms with E-state index < -0.39 is 5.82 Å². The number of amides is 2. The van der Waals surface area contributed by atoms with Gasteiger partial charge in [-0.05, 0) is 49.2 Å². The van der Waals surface area contributed by atoms with Crippen LogP contribution in [0.1, 0.15) is 12.5 Å². The molecule has 0 spiro atoms. The highest BCUT2D eigenvalue weighted by Gasteiger charge is 2.10. The zero-order valence-corrected chi connectivity index (χ0v) is 18.1. The zero-order valence-electron chi connectivity index (χ0n) is 18.1. The van der Waals surface area contributed by atoms with Crippen LogP contribution in [0.4, 0.5) is 26.4 Å². The second kappa shape index (κ2) is 10.4. The van der Waals surface area contributed by atoms with Crippen LogP contribution in [0.5, 0.6) is 5.75 Å². The van der Waals surface area contributed by atoms with Crippen LogP contribution < -0.4 is 20.7 Å². The van der Waals surface area contributed by atoms with Crippen molar-refractivity contribution in [1.82, 2.24) is 9.97 Å². The normalized spacial score (nSPS) is 10.6. The lowest BCUT2D eigenvalue weighted by Crippen LogP contribution is -2.19. The minimum absolute atomic E-state index is 0.181. The first kappa shape index (κ1) is 22.0. The summed E-state index contributed by atoms with van der Waals surface area (Å²) in [4.78, 5) is 20.6. The Kier molecular flexibility index (Phi) is 6.94.